The summed E-state index contributed by atoms with van der Waals surface area (Å²) in [7, 11) is 1.78. The molecule has 2 aromatic rings. The van der Waals surface area contributed by atoms with Crippen molar-refractivity contribution in [2.75, 3.05) is 7.11 Å². The van der Waals surface area contributed by atoms with Crippen LogP contribution >= 0.6 is 23.1 Å². The fourth-order valence-corrected chi connectivity index (χ4v) is 4.22. The van der Waals surface area contributed by atoms with Gasteiger partial charge >= 0.3 is 0 Å². The molecular formula is C13H16N2O2S2. The molecule has 0 amide bonds. The van der Waals surface area contributed by atoms with Crippen molar-refractivity contribution < 1.29 is 9.15 Å². The highest BCUT2D eigenvalue weighted by atomic mass is 32.2. The summed E-state index contributed by atoms with van der Waals surface area (Å²) in [5.41, 5.74) is 0. The highest BCUT2D eigenvalue weighted by Gasteiger charge is 2.29. The molecule has 1 fully saturated rings. The molecule has 0 aromatic carbocycles. The Morgan fingerprint density at radius 3 is 3.21 bits per heavy atom. The van der Waals surface area contributed by atoms with E-state index in [2.05, 4.69) is 21.6 Å². The van der Waals surface area contributed by atoms with Crippen LogP contribution in [0.3, 0.4) is 0 Å². The van der Waals surface area contributed by atoms with Crippen LogP contribution in [0.2, 0.25) is 0 Å². The standard InChI is InChI=1S/C13H16N2O2S2/c1-16-10-5-2-6-11(10)19-13-15-14-12(17-13)8-9-4-3-7-18-9/h3-4,7,10-11H,2,5-6,8H2,1H3/t10-,11-/m0/s1. The van der Waals surface area contributed by atoms with Gasteiger partial charge in [-0.25, -0.2) is 0 Å². The number of thioether (sulfide) groups is 1. The first-order chi connectivity index (χ1) is 9.35. The molecule has 0 radical (unpaired) electrons. The van der Waals surface area contributed by atoms with Gasteiger partial charge in [-0.1, -0.05) is 17.8 Å². The fraction of sp³-hybridized carbons (Fsp3) is 0.538. The van der Waals surface area contributed by atoms with E-state index < -0.39 is 0 Å². The Balaban J connectivity index is 1.61. The molecular weight excluding hydrogens is 280 g/mol. The van der Waals surface area contributed by atoms with Gasteiger partial charge in [-0.05, 0) is 30.7 Å². The molecule has 3 rings (SSSR count). The molecule has 0 aliphatic heterocycles. The van der Waals surface area contributed by atoms with Crippen molar-refractivity contribution in [3.05, 3.63) is 28.3 Å². The summed E-state index contributed by atoms with van der Waals surface area (Å²) >= 11 is 3.36. The van der Waals surface area contributed by atoms with Crippen LogP contribution in [0.4, 0.5) is 0 Å². The predicted molar refractivity (Wildman–Crippen MR) is 75.7 cm³/mol. The summed E-state index contributed by atoms with van der Waals surface area (Å²) < 4.78 is 11.2. The van der Waals surface area contributed by atoms with Gasteiger partial charge in [-0.3, -0.25) is 0 Å². The number of rotatable bonds is 5. The number of hydrogen-bond acceptors (Lipinski definition) is 6. The molecule has 0 spiro atoms. The summed E-state index contributed by atoms with van der Waals surface area (Å²) in [6, 6.07) is 4.12. The van der Waals surface area contributed by atoms with Crippen LogP contribution < -0.4 is 0 Å². The summed E-state index contributed by atoms with van der Waals surface area (Å²) in [5.74, 6) is 0.692. The molecule has 6 heteroatoms. The van der Waals surface area contributed by atoms with Gasteiger partial charge in [0, 0.05) is 17.2 Å². The maximum atomic E-state index is 5.70. The third-order valence-corrected chi connectivity index (χ3v) is 5.39. The lowest BCUT2D eigenvalue weighted by Crippen LogP contribution is -2.18. The van der Waals surface area contributed by atoms with E-state index in [-0.39, 0.29) is 0 Å². The van der Waals surface area contributed by atoms with Gasteiger partial charge in [-0.2, -0.15) is 0 Å². The van der Waals surface area contributed by atoms with Gasteiger partial charge in [0.15, 0.2) is 0 Å². The van der Waals surface area contributed by atoms with E-state index in [0.717, 1.165) is 19.3 Å². The molecule has 2 aromatic heterocycles. The lowest BCUT2D eigenvalue weighted by molar-refractivity contribution is 0.113. The first kappa shape index (κ1) is 13.1. The third-order valence-electron chi connectivity index (χ3n) is 3.30. The monoisotopic (exact) mass is 296 g/mol. The van der Waals surface area contributed by atoms with Crippen LogP contribution in [0, 0.1) is 0 Å². The maximum absolute atomic E-state index is 5.70. The zero-order valence-electron chi connectivity index (χ0n) is 10.7. The van der Waals surface area contributed by atoms with Gasteiger partial charge in [0.2, 0.25) is 5.89 Å². The number of aromatic nitrogens is 2. The first-order valence-corrected chi connectivity index (χ1v) is 8.15. The highest BCUT2D eigenvalue weighted by Crippen LogP contribution is 2.35. The fourth-order valence-electron chi connectivity index (χ4n) is 2.35. The number of thiophene rings is 1. The zero-order chi connectivity index (χ0) is 13.1. The van der Waals surface area contributed by atoms with E-state index in [1.807, 2.05) is 6.07 Å². The van der Waals surface area contributed by atoms with Crippen molar-refractivity contribution in [1.82, 2.24) is 10.2 Å². The van der Waals surface area contributed by atoms with E-state index in [9.17, 15) is 0 Å². The van der Waals surface area contributed by atoms with Crippen molar-refractivity contribution in [2.24, 2.45) is 0 Å². The molecule has 4 nitrogen and oxygen atoms in total. The van der Waals surface area contributed by atoms with Gasteiger partial charge in [-0.15, -0.1) is 21.5 Å². The van der Waals surface area contributed by atoms with Gasteiger partial charge in [0.1, 0.15) is 0 Å². The molecule has 0 saturated heterocycles. The number of hydrogen-bond donors (Lipinski definition) is 0. The van der Waals surface area contributed by atoms with Gasteiger partial charge in [0.25, 0.3) is 5.22 Å². The predicted octanol–water partition coefficient (Wildman–Crippen LogP) is 3.38. The normalized spacial score (nSPS) is 23.0. The molecule has 102 valence electrons. The topological polar surface area (TPSA) is 48.2 Å². The molecule has 1 saturated carbocycles. The molecule has 0 unspecified atom stereocenters. The van der Waals surface area contributed by atoms with Crippen LogP contribution in [0.25, 0.3) is 0 Å². The van der Waals surface area contributed by atoms with Crippen molar-refractivity contribution >= 4 is 23.1 Å². The van der Waals surface area contributed by atoms with Crippen molar-refractivity contribution in [1.29, 1.82) is 0 Å². The first-order valence-electron chi connectivity index (χ1n) is 6.39. The van der Waals surface area contributed by atoms with E-state index in [1.54, 1.807) is 30.2 Å². The van der Waals surface area contributed by atoms with E-state index >= 15 is 0 Å². The van der Waals surface area contributed by atoms with Crippen molar-refractivity contribution in [2.45, 2.75) is 42.3 Å². The van der Waals surface area contributed by atoms with Gasteiger partial charge in [0.05, 0.1) is 12.5 Å². The Hall–Kier alpha value is -0.850. The summed E-state index contributed by atoms with van der Waals surface area (Å²) in [6.07, 6.45) is 4.55. The minimum absolute atomic E-state index is 0.317. The van der Waals surface area contributed by atoms with Crippen LogP contribution in [0.15, 0.2) is 27.2 Å². The minimum Gasteiger partial charge on any atom is -0.416 e. The summed E-state index contributed by atoms with van der Waals surface area (Å²) in [6.45, 7) is 0. The maximum Gasteiger partial charge on any atom is 0.276 e. The van der Waals surface area contributed by atoms with Crippen LogP contribution in [-0.4, -0.2) is 28.7 Å². The largest absolute Gasteiger partial charge is 0.416 e. The molecule has 0 bridgehead atoms. The lowest BCUT2D eigenvalue weighted by atomic mass is 10.3. The van der Waals surface area contributed by atoms with E-state index in [4.69, 9.17) is 9.15 Å². The zero-order valence-corrected chi connectivity index (χ0v) is 12.4. The number of ether oxygens (including phenoxy) is 1. The Morgan fingerprint density at radius 2 is 2.42 bits per heavy atom. The van der Waals surface area contributed by atoms with Crippen LogP contribution in [0.1, 0.15) is 30.0 Å². The smallest absolute Gasteiger partial charge is 0.276 e. The third kappa shape index (κ3) is 3.19. The molecule has 2 atom stereocenters. The Bertz CT molecular complexity index is 512. The van der Waals surface area contributed by atoms with Gasteiger partial charge < -0.3 is 9.15 Å². The highest BCUT2D eigenvalue weighted by molar-refractivity contribution is 7.99. The quantitative estimate of drug-likeness (QED) is 0.846. The van der Waals surface area contributed by atoms with E-state index in [0.29, 0.717) is 22.5 Å². The SMILES string of the molecule is CO[C@H]1CCC[C@@H]1Sc1nnc(Cc2cccs2)o1. The second-order valence-corrected chi connectivity index (χ2v) is 6.80. The molecule has 0 N–H and O–H groups in total. The summed E-state index contributed by atoms with van der Waals surface area (Å²) in [5, 5.41) is 11.4. The van der Waals surface area contributed by atoms with Crippen LogP contribution in [-0.2, 0) is 11.2 Å². The van der Waals surface area contributed by atoms with Crippen molar-refractivity contribution in [3.8, 4) is 0 Å². The number of nitrogens with zero attached hydrogens (tertiary/aromatic N) is 2. The van der Waals surface area contributed by atoms with E-state index in [1.165, 1.54) is 11.3 Å². The Labute approximate surface area is 120 Å². The summed E-state index contributed by atoms with van der Waals surface area (Å²) in [4.78, 5) is 1.25. The average molecular weight is 296 g/mol. The molecule has 19 heavy (non-hydrogen) atoms. The van der Waals surface area contributed by atoms with Crippen molar-refractivity contribution in [3.63, 3.8) is 0 Å². The average Bonchev–Trinajstić information content (AvgIpc) is 3.13. The second kappa shape index (κ2) is 6.07. The molecule has 1 aliphatic rings. The molecule has 2 heterocycles. The molecule has 1 aliphatic carbocycles. The number of methoxy groups -OCH3 is 1. The lowest BCUT2D eigenvalue weighted by Gasteiger charge is -2.14. The Morgan fingerprint density at radius 1 is 1.47 bits per heavy atom. The Kier molecular flexibility index (Phi) is 4.20. The van der Waals surface area contributed by atoms with Crippen LogP contribution in [0.5, 0.6) is 0 Å². The second-order valence-electron chi connectivity index (χ2n) is 4.58. The minimum atomic E-state index is 0.317.